The molecule has 2 rings (SSSR count). The number of hydrogen-bond acceptors (Lipinski definition) is 6. The fraction of sp³-hybridized carbons (Fsp3) is 0.273. The number of anilines is 2. The fourth-order valence-corrected chi connectivity index (χ4v) is 1.70. The summed E-state index contributed by atoms with van der Waals surface area (Å²) in [6.45, 7) is 3.66. The molecule has 92 valence electrons. The molecule has 0 atom stereocenters. The van der Waals surface area contributed by atoms with E-state index in [1.54, 1.807) is 20.0 Å². The Hall–Kier alpha value is -2.62. The Morgan fingerprint density at radius 3 is 2.61 bits per heavy atom. The lowest BCUT2D eigenvalue weighted by molar-refractivity contribution is 0.833. The summed E-state index contributed by atoms with van der Waals surface area (Å²) in [7, 11) is 1.68. The van der Waals surface area contributed by atoms with E-state index in [1.165, 1.54) is 4.68 Å². The average molecular weight is 243 g/mol. The summed E-state index contributed by atoms with van der Waals surface area (Å²) >= 11 is 0. The van der Waals surface area contributed by atoms with E-state index in [0.29, 0.717) is 23.0 Å². The molecule has 2 aromatic rings. The van der Waals surface area contributed by atoms with Gasteiger partial charge in [0.1, 0.15) is 23.3 Å². The Bertz CT molecular complexity index is 615. The second-order valence-corrected chi connectivity index (χ2v) is 3.80. The Morgan fingerprint density at radius 2 is 2.11 bits per heavy atom. The molecule has 0 saturated carbocycles. The van der Waals surface area contributed by atoms with E-state index < -0.39 is 0 Å². The molecule has 2 heterocycles. The Labute approximate surface area is 104 Å². The van der Waals surface area contributed by atoms with Gasteiger partial charge >= 0.3 is 0 Å². The van der Waals surface area contributed by atoms with Gasteiger partial charge in [-0.05, 0) is 13.8 Å². The van der Waals surface area contributed by atoms with Gasteiger partial charge in [-0.3, -0.25) is 0 Å². The minimum absolute atomic E-state index is 0.263. The van der Waals surface area contributed by atoms with Crippen LogP contribution in [0.2, 0.25) is 0 Å². The van der Waals surface area contributed by atoms with E-state index in [9.17, 15) is 0 Å². The minimum atomic E-state index is 0.263. The number of nitrogens with two attached hydrogens (primary N) is 1. The molecular weight excluding hydrogens is 230 g/mol. The number of hydrogen-bond donors (Lipinski definition) is 2. The molecule has 0 radical (unpaired) electrons. The standard InChI is InChI=1S/C11H13N7/c1-6-4-9(16-7(2)15-6)18-10(13)8(5-12)11(14-3)17-18/h4H,13H2,1-3H3,(H,14,17). The lowest BCUT2D eigenvalue weighted by atomic mass is 10.3. The van der Waals surface area contributed by atoms with Crippen LogP contribution in [-0.4, -0.2) is 26.8 Å². The van der Waals surface area contributed by atoms with E-state index in [-0.39, 0.29) is 5.82 Å². The van der Waals surface area contributed by atoms with Crippen LogP contribution in [0.5, 0.6) is 0 Å². The van der Waals surface area contributed by atoms with Crippen LogP contribution in [0.15, 0.2) is 6.07 Å². The lowest BCUT2D eigenvalue weighted by Crippen LogP contribution is -2.07. The summed E-state index contributed by atoms with van der Waals surface area (Å²) in [6, 6.07) is 3.78. The average Bonchev–Trinajstić information content (AvgIpc) is 2.64. The van der Waals surface area contributed by atoms with Crippen molar-refractivity contribution in [2.75, 3.05) is 18.1 Å². The predicted octanol–water partition coefficient (Wildman–Crippen LogP) is 0.775. The van der Waals surface area contributed by atoms with Crippen LogP contribution in [0.25, 0.3) is 5.82 Å². The number of nitriles is 1. The second kappa shape index (κ2) is 4.33. The quantitative estimate of drug-likeness (QED) is 0.807. The Morgan fingerprint density at radius 1 is 1.39 bits per heavy atom. The van der Waals surface area contributed by atoms with Gasteiger partial charge in [-0.25, -0.2) is 9.97 Å². The van der Waals surface area contributed by atoms with Crippen LogP contribution in [0, 0.1) is 25.2 Å². The molecule has 0 aliphatic carbocycles. The van der Waals surface area contributed by atoms with Gasteiger partial charge in [0.05, 0.1) is 0 Å². The molecule has 0 fully saturated rings. The van der Waals surface area contributed by atoms with E-state index in [0.717, 1.165) is 5.69 Å². The maximum Gasteiger partial charge on any atom is 0.168 e. The number of aromatic nitrogens is 4. The van der Waals surface area contributed by atoms with E-state index >= 15 is 0 Å². The topological polar surface area (TPSA) is 105 Å². The van der Waals surface area contributed by atoms with Gasteiger partial charge < -0.3 is 11.1 Å². The first-order valence-electron chi connectivity index (χ1n) is 5.35. The van der Waals surface area contributed by atoms with Crippen LogP contribution in [0.4, 0.5) is 11.6 Å². The first-order valence-corrected chi connectivity index (χ1v) is 5.35. The highest BCUT2D eigenvalue weighted by Crippen LogP contribution is 2.22. The number of nitrogens with zero attached hydrogens (tertiary/aromatic N) is 5. The molecule has 0 aromatic carbocycles. The fourth-order valence-electron chi connectivity index (χ4n) is 1.70. The summed E-state index contributed by atoms with van der Waals surface area (Å²) in [4.78, 5) is 8.45. The van der Waals surface area contributed by atoms with Gasteiger partial charge in [0.15, 0.2) is 11.6 Å². The molecular formula is C11H13N7. The number of aryl methyl sites for hydroxylation is 2. The zero-order valence-electron chi connectivity index (χ0n) is 10.4. The molecule has 0 unspecified atom stereocenters. The third-order valence-electron chi connectivity index (χ3n) is 2.44. The summed E-state index contributed by atoms with van der Waals surface area (Å²) in [6.07, 6.45) is 0. The smallest absolute Gasteiger partial charge is 0.168 e. The van der Waals surface area contributed by atoms with Crippen molar-refractivity contribution in [1.82, 2.24) is 19.7 Å². The SMILES string of the molecule is CNc1nn(-c2cc(C)nc(C)n2)c(N)c1C#N. The van der Waals surface area contributed by atoms with Crippen molar-refractivity contribution in [1.29, 1.82) is 5.26 Å². The highest BCUT2D eigenvalue weighted by Gasteiger charge is 2.16. The van der Waals surface area contributed by atoms with Gasteiger partial charge in [-0.1, -0.05) is 0 Å². The zero-order valence-corrected chi connectivity index (χ0v) is 10.4. The predicted molar refractivity (Wildman–Crippen MR) is 67.3 cm³/mol. The molecule has 0 aliphatic heterocycles. The number of rotatable bonds is 2. The lowest BCUT2D eigenvalue weighted by Gasteiger charge is -2.04. The maximum atomic E-state index is 9.04. The molecule has 2 aromatic heterocycles. The van der Waals surface area contributed by atoms with Crippen LogP contribution < -0.4 is 11.1 Å². The Balaban J connectivity index is 2.65. The largest absolute Gasteiger partial charge is 0.382 e. The second-order valence-electron chi connectivity index (χ2n) is 3.80. The highest BCUT2D eigenvalue weighted by molar-refractivity contribution is 5.65. The molecule has 3 N–H and O–H groups in total. The van der Waals surface area contributed by atoms with E-state index in [2.05, 4.69) is 20.4 Å². The molecule has 0 spiro atoms. The first kappa shape index (κ1) is 11.9. The normalized spacial score (nSPS) is 10.1. The summed E-state index contributed by atoms with van der Waals surface area (Å²) in [5.74, 6) is 1.88. The van der Waals surface area contributed by atoms with Crippen molar-refractivity contribution < 1.29 is 0 Å². The summed E-state index contributed by atoms with van der Waals surface area (Å²) in [5.41, 5.74) is 7.03. The van der Waals surface area contributed by atoms with E-state index in [1.807, 2.05) is 13.0 Å². The van der Waals surface area contributed by atoms with Crippen LogP contribution in [0.1, 0.15) is 17.1 Å². The number of nitrogens with one attached hydrogen (secondary N) is 1. The monoisotopic (exact) mass is 243 g/mol. The molecule has 7 nitrogen and oxygen atoms in total. The van der Waals surface area contributed by atoms with Crippen molar-refractivity contribution in [3.63, 3.8) is 0 Å². The minimum Gasteiger partial charge on any atom is -0.382 e. The van der Waals surface area contributed by atoms with Crippen LogP contribution >= 0.6 is 0 Å². The van der Waals surface area contributed by atoms with Gasteiger partial charge in [0, 0.05) is 18.8 Å². The van der Waals surface area contributed by atoms with Crippen LogP contribution in [0.3, 0.4) is 0 Å². The highest BCUT2D eigenvalue weighted by atomic mass is 15.4. The van der Waals surface area contributed by atoms with Crippen LogP contribution in [-0.2, 0) is 0 Å². The van der Waals surface area contributed by atoms with Crippen molar-refractivity contribution >= 4 is 11.6 Å². The van der Waals surface area contributed by atoms with Gasteiger partial charge in [-0.15, -0.1) is 5.10 Å². The molecule has 0 saturated heterocycles. The third kappa shape index (κ3) is 1.84. The third-order valence-corrected chi connectivity index (χ3v) is 2.44. The first-order chi connectivity index (χ1) is 8.56. The van der Waals surface area contributed by atoms with Crippen molar-refractivity contribution in [3.8, 4) is 11.9 Å². The van der Waals surface area contributed by atoms with Crippen molar-refractivity contribution in [2.24, 2.45) is 0 Å². The number of nitrogen functional groups attached to an aromatic ring is 1. The van der Waals surface area contributed by atoms with Gasteiger partial charge in [0.25, 0.3) is 0 Å². The summed E-state index contributed by atoms with van der Waals surface area (Å²) < 4.78 is 1.44. The molecule has 0 bridgehead atoms. The van der Waals surface area contributed by atoms with Gasteiger partial charge in [-0.2, -0.15) is 9.94 Å². The maximum absolute atomic E-state index is 9.04. The molecule has 7 heteroatoms. The Kier molecular flexibility index (Phi) is 2.85. The zero-order chi connectivity index (χ0) is 13.3. The van der Waals surface area contributed by atoms with Gasteiger partial charge in [0.2, 0.25) is 0 Å². The molecule has 0 amide bonds. The molecule has 18 heavy (non-hydrogen) atoms. The summed E-state index contributed by atoms with van der Waals surface area (Å²) in [5, 5.41) is 16.1. The molecule has 0 aliphatic rings. The van der Waals surface area contributed by atoms with Crippen molar-refractivity contribution in [3.05, 3.63) is 23.1 Å². The van der Waals surface area contributed by atoms with E-state index in [4.69, 9.17) is 11.0 Å². The van der Waals surface area contributed by atoms with Crippen molar-refractivity contribution in [2.45, 2.75) is 13.8 Å².